The molecule has 0 aliphatic carbocycles. The number of nitriles is 1. The number of carbonyl (C=O) groups excluding carboxylic acids is 1. The molecule has 1 fully saturated rings. The molecule has 1 N–H and O–H groups in total. The number of nitrogens with zero attached hydrogens (tertiary/aromatic N) is 7. The van der Waals surface area contributed by atoms with E-state index in [0.717, 1.165) is 59.8 Å². The Labute approximate surface area is 237 Å². The number of pyridine rings is 1. The molecule has 1 aromatic carbocycles. The summed E-state index contributed by atoms with van der Waals surface area (Å²) in [7, 11) is 0. The Morgan fingerprint density at radius 3 is 2.78 bits per heavy atom. The lowest BCUT2D eigenvalue weighted by Gasteiger charge is -2.30. The molecule has 0 bridgehead atoms. The van der Waals surface area contributed by atoms with Gasteiger partial charge in [0.1, 0.15) is 17.6 Å². The Morgan fingerprint density at radius 2 is 2.05 bits per heavy atom. The van der Waals surface area contributed by atoms with E-state index in [2.05, 4.69) is 42.1 Å². The fourth-order valence-electron chi connectivity index (χ4n) is 5.76. The molecule has 2 aliphatic heterocycles. The molecule has 0 saturated carbocycles. The van der Waals surface area contributed by atoms with Gasteiger partial charge in [0, 0.05) is 10.9 Å². The van der Waals surface area contributed by atoms with Gasteiger partial charge in [-0.25, -0.2) is 24.0 Å². The van der Waals surface area contributed by atoms with E-state index in [9.17, 15) is 14.4 Å². The first-order chi connectivity index (χ1) is 19.8. The lowest BCUT2D eigenvalue weighted by Crippen LogP contribution is -2.38. The lowest BCUT2D eigenvalue weighted by atomic mass is 9.92. The molecule has 1 saturated heterocycles. The molecular weight excluding hydrogens is 523 g/mol. The van der Waals surface area contributed by atoms with Crippen molar-refractivity contribution in [1.29, 1.82) is 5.26 Å². The van der Waals surface area contributed by atoms with Crippen LogP contribution in [0.15, 0.2) is 36.8 Å². The third kappa shape index (κ3) is 5.00. The average molecular weight is 555 g/mol. The number of amides is 1. The number of carbonyl (C=O) groups is 1. The van der Waals surface area contributed by atoms with E-state index in [-0.39, 0.29) is 25.1 Å². The largest absolute Gasteiger partial charge is 0.482 e. The molecule has 210 valence electrons. The molecule has 0 spiro atoms. The average Bonchev–Trinajstić information content (AvgIpc) is 3.37. The zero-order chi connectivity index (χ0) is 28.7. The fraction of sp³-hybridized carbons (Fsp3) is 0.400. The highest BCUT2D eigenvalue weighted by molar-refractivity contribution is 6.00. The number of aromatic nitrogens is 5. The lowest BCUT2D eigenvalue weighted by molar-refractivity contribution is -0.121. The zero-order valence-electron chi connectivity index (χ0n) is 23.3. The number of hydrogen-bond donors (Lipinski definition) is 1. The maximum atomic E-state index is 13.3. The summed E-state index contributed by atoms with van der Waals surface area (Å²) in [6, 6.07) is 8.19. The zero-order valence-corrected chi connectivity index (χ0v) is 23.3. The molecule has 10 nitrogen and oxygen atoms in total. The first kappa shape index (κ1) is 26.8. The number of anilines is 1. The summed E-state index contributed by atoms with van der Waals surface area (Å²) < 4.78 is 21.2. The van der Waals surface area contributed by atoms with E-state index in [4.69, 9.17) is 14.8 Å². The quantitative estimate of drug-likeness (QED) is 0.377. The Hall–Kier alpha value is -4.43. The van der Waals surface area contributed by atoms with E-state index >= 15 is 0 Å². The summed E-state index contributed by atoms with van der Waals surface area (Å²) in [5, 5.41) is 19.4. The summed E-state index contributed by atoms with van der Waals surface area (Å²) in [6.07, 6.45) is 5.57. The van der Waals surface area contributed by atoms with Crippen molar-refractivity contribution in [2.45, 2.75) is 46.2 Å². The van der Waals surface area contributed by atoms with E-state index in [1.54, 1.807) is 6.07 Å². The maximum absolute atomic E-state index is 13.3. The predicted octanol–water partition coefficient (Wildman–Crippen LogP) is 4.19. The van der Waals surface area contributed by atoms with Crippen LogP contribution in [0.3, 0.4) is 0 Å². The van der Waals surface area contributed by atoms with Crippen molar-refractivity contribution in [2.75, 3.05) is 24.6 Å². The molecule has 4 aromatic rings. The molecule has 11 heteroatoms. The van der Waals surface area contributed by atoms with Gasteiger partial charge in [-0.3, -0.25) is 9.69 Å². The first-order valence-electron chi connectivity index (χ1n) is 13.9. The second-order valence-corrected chi connectivity index (χ2v) is 11.2. The second-order valence-electron chi connectivity index (χ2n) is 11.2. The first-order valence-corrected chi connectivity index (χ1v) is 13.9. The van der Waals surface area contributed by atoms with Gasteiger partial charge in [-0.2, -0.15) is 10.4 Å². The standard InChI is InChI=1S/C30H31FN8O2/c1-17(2)8-23-21(10-32)29(22-14-36-39(30(22)37-23)24-6-7-33-11-18(24)3)19-4-5-25-26(9-19)41-16-28(40)38(25)15-27-34-12-20(31)13-35-27/h4-5,9,12-14,17-18,24,33H,6-8,11,15-16H2,1-3H3/t18-,24-/m1/s1. The van der Waals surface area contributed by atoms with Gasteiger partial charge in [-0.1, -0.05) is 26.8 Å². The van der Waals surface area contributed by atoms with Gasteiger partial charge in [-0.15, -0.1) is 0 Å². The molecule has 5 heterocycles. The van der Waals surface area contributed by atoms with Crippen LogP contribution in [0.2, 0.25) is 0 Å². The second kappa shape index (κ2) is 10.9. The van der Waals surface area contributed by atoms with Crippen molar-refractivity contribution in [2.24, 2.45) is 11.8 Å². The van der Waals surface area contributed by atoms with Crippen LogP contribution in [0.25, 0.3) is 22.2 Å². The highest BCUT2D eigenvalue weighted by Crippen LogP contribution is 2.41. The van der Waals surface area contributed by atoms with Gasteiger partial charge in [0.25, 0.3) is 5.91 Å². The Morgan fingerprint density at radius 1 is 1.24 bits per heavy atom. The van der Waals surface area contributed by atoms with Crippen LogP contribution in [0.5, 0.6) is 5.75 Å². The number of rotatable bonds is 6. The number of hydrogen-bond acceptors (Lipinski definition) is 8. The van der Waals surface area contributed by atoms with Crippen molar-refractivity contribution in [3.05, 3.63) is 59.7 Å². The van der Waals surface area contributed by atoms with Gasteiger partial charge < -0.3 is 10.1 Å². The van der Waals surface area contributed by atoms with Gasteiger partial charge >= 0.3 is 0 Å². The molecule has 1 amide bonds. The summed E-state index contributed by atoms with van der Waals surface area (Å²) in [5.41, 5.74) is 4.14. The minimum Gasteiger partial charge on any atom is -0.482 e. The summed E-state index contributed by atoms with van der Waals surface area (Å²) in [6.45, 7) is 8.20. The maximum Gasteiger partial charge on any atom is 0.265 e. The highest BCUT2D eigenvalue weighted by Gasteiger charge is 2.30. The van der Waals surface area contributed by atoms with Crippen LogP contribution in [0.1, 0.15) is 50.3 Å². The third-order valence-electron chi connectivity index (χ3n) is 7.75. The van der Waals surface area contributed by atoms with Crippen molar-refractivity contribution < 1.29 is 13.9 Å². The Kier molecular flexibility index (Phi) is 7.09. The minimum absolute atomic E-state index is 0.0809. The topological polar surface area (TPSA) is 122 Å². The summed E-state index contributed by atoms with van der Waals surface area (Å²) in [5.74, 6) is 0.707. The van der Waals surface area contributed by atoms with Gasteiger partial charge in [0.05, 0.1) is 48.1 Å². The number of halogens is 1. The molecular formula is C30H31FN8O2. The van der Waals surface area contributed by atoms with Gasteiger partial charge in [-0.05, 0) is 55.5 Å². The van der Waals surface area contributed by atoms with Crippen LogP contribution < -0.4 is 15.0 Å². The predicted molar refractivity (Wildman–Crippen MR) is 151 cm³/mol. The van der Waals surface area contributed by atoms with Gasteiger partial charge in [0.2, 0.25) is 0 Å². The molecule has 6 rings (SSSR count). The third-order valence-corrected chi connectivity index (χ3v) is 7.75. The SMILES string of the molecule is CC(C)Cc1nc2c(cnn2[C@@H]2CCNC[C@H]2C)c(-c2ccc3c(c2)OCC(=O)N3Cc2ncc(F)cn2)c1C#N. The monoisotopic (exact) mass is 554 g/mol. The van der Waals surface area contributed by atoms with Crippen molar-refractivity contribution in [3.63, 3.8) is 0 Å². The number of ether oxygens (including phenoxy) is 1. The molecule has 41 heavy (non-hydrogen) atoms. The van der Waals surface area contributed by atoms with Crippen LogP contribution in [-0.2, 0) is 17.8 Å². The number of piperidine rings is 1. The number of benzene rings is 1. The van der Waals surface area contributed by atoms with Gasteiger partial charge in [0.15, 0.2) is 18.1 Å². The highest BCUT2D eigenvalue weighted by atomic mass is 19.1. The van der Waals surface area contributed by atoms with E-state index in [0.29, 0.717) is 41.1 Å². The molecule has 3 aromatic heterocycles. The van der Waals surface area contributed by atoms with Crippen molar-refractivity contribution in [1.82, 2.24) is 30.0 Å². The minimum atomic E-state index is -0.543. The smallest absolute Gasteiger partial charge is 0.265 e. The molecule has 0 radical (unpaired) electrons. The van der Waals surface area contributed by atoms with Crippen molar-refractivity contribution >= 4 is 22.6 Å². The van der Waals surface area contributed by atoms with Crippen LogP contribution in [0, 0.1) is 29.0 Å². The number of nitrogens with one attached hydrogen (secondary N) is 1. The van der Waals surface area contributed by atoms with E-state index in [1.807, 2.05) is 23.0 Å². The molecule has 2 aliphatic rings. The molecule has 2 atom stereocenters. The van der Waals surface area contributed by atoms with Crippen LogP contribution >= 0.6 is 0 Å². The normalized spacial score (nSPS) is 18.8. The van der Waals surface area contributed by atoms with Crippen molar-refractivity contribution in [3.8, 4) is 22.9 Å². The van der Waals surface area contributed by atoms with E-state index < -0.39 is 5.82 Å². The summed E-state index contributed by atoms with van der Waals surface area (Å²) in [4.78, 5) is 27.4. The van der Waals surface area contributed by atoms with Crippen LogP contribution in [-0.4, -0.2) is 50.3 Å². The Balaban J connectivity index is 1.47. The number of fused-ring (bicyclic) bond motifs is 2. The van der Waals surface area contributed by atoms with Crippen LogP contribution in [0.4, 0.5) is 10.1 Å². The van der Waals surface area contributed by atoms with E-state index in [1.165, 1.54) is 4.90 Å². The Bertz CT molecular complexity index is 1660. The summed E-state index contributed by atoms with van der Waals surface area (Å²) >= 11 is 0. The molecule has 0 unspecified atom stereocenters. The fourth-order valence-corrected chi connectivity index (χ4v) is 5.76.